The lowest BCUT2D eigenvalue weighted by Gasteiger charge is -2.39. The molecule has 5 atom stereocenters. The number of aliphatic hydroxyl groups excluding tert-OH is 4. The number of methoxy groups -OCH3 is 2. The zero-order valence-corrected chi connectivity index (χ0v) is 21.0. The summed E-state index contributed by atoms with van der Waals surface area (Å²) in [6.07, 6.45) is -7.86. The fourth-order valence-electron chi connectivity index (χ4n) is 4.61. The molecule has 0 spiro atoms. The van der Waals surface area contributed by atoms with Crippen LogP contribution >= 0.6 is 0 Å². The lowest BCUT2D eigenvalue weighted by molar-refractivity contribution is -0.277. The Hall–Kier alpha value is -4.34. The first-order chi connectivity index (χ1) is 19.1. The molecule has 0 bridgehead atoms. The number of aldehydes is 1. The summed E-state index contributed by atoms with van der Waals surface area (Å²) in [5.74, 6) is -1.74. The third-order valence-electron chi connectivity index (χ3n) is 6.59. The Kier molecular flexibility index (Phi) is 7.03. The molecule has 7 N–H and O–H groups in total. The number of aromatic hydroxyl groups is 2. The lowest BCUT2D eigenvalue weighted by Crippen LogP contribution is -2.60. The van der Waals surface area contributed by atoms with Gasteiger partial charge in [0.1, 0.15) is 35.6 Å². The van der Waals surface area contributed by atoms with Crippen LogP contribution in [0.3, 0.4) is 0 Å². The maximum absolute atomic E-state index is 12.4. The number of phenols is 1. The molecule has 4 aromatic rings. The molecule has 3 heterocycles. The summed E-state index contributed by atoms with van der Waals surface area (Å²) in [6.45, 7) is -0.737. The van der Waals surface area contributed by atoms with Gasteiger partial charge in [0.15, 0.2) is 34.0 Å². The molecule has 0 aliphatic carbocycles. The molecule has 0 amide bonds. The molecular formula is C26H25O14+. The zero-order chi connectivity index (χ0) is 28.9. The van der Waals surface area contributed by atoms with Gasteiger partial charge in [0.2, 0.25) is 12.0 Å². The van der Waals surface area contributed by atoms with Gasteiger partial charge in [-0.05, 0) is 12.1 Å². The van der Waals surface area contributed by atoms with Crippen LogP contribution in [0.1, 0.15) is 5.56 Å². The van der Waals surface area contributed by atoms with E-state index in [1.165, 1.54) is 26.4 Å². The quantitative estimate of drug-likeness (QED) is 0.132. The van der Waals surface area contributed by atoms with Crippen molar-refractivity contribution in [1.29, 1.82) is 0 Å². The second kappa shape index (κ2) is 10.3. The van der Waals surface area contributed by atoms with Crippen molar-refractivity contribution in [2.24, 2.45) is 0 Å². The number of hydrogen-bond donors (Lipinski definition) is 6. The van der Waals surface area contributed by atoms with E-state index in [2.05, 4.69) is 0 Å². The third-order valence-corrected chi connectivity index (χ3v) is 6.59. The second-order valence-electron chi connectivity index (χ2n) is 8.92. The van der Waals surface area contributed by atoms with Crippen molar-refractivity contribution in [3.63, 3.8) is 0 Å². The van der Waals surface area contributed by atoms with Crippen molar-refractivity contribution < 1.29 is 63.2 Å². The van der Waals surface area contributed by atoms with Crippen LogP contribution in [-0.4, -0.2) is 93.3 Å². The highest BCUT2D eigenvalue weighted by atomic mass is 16.7. The molecule has 2 aromatic carbocycles. The number of rotatable bonds is 7. The monoisotopic (exact) mass is 561 g/mol. The Bertz CT molecular complexity index is 1630. The number of carbonyl (C=O) groups excluding carboxylic acids is 1. The number of ether oxygens (including phenoxy) is 4. The van der Waals surface area contributed by atoms with E-state index in [1.54, 1.807) is 0 Å². The largest absolute Gasteiger partial charge is 0.502 e. The SMILES string of the molecule is COc1cc(-c2oc3cc(=O)cc4oc(O)c(C=[OH+])c(c2O[C@@H]2O[C@H](CO)[C@@H](O)[C@H](O)[C@H]2O)c43)cc(OC)c1O. The summed E-state index contributed by atoms with van der Waals surface area (Å²) in [5, 5.41) is 61.8. The van der Waals surface area contributed by atoms with E-state index in [9.17, 15) is 40.2 Å². The highest BCUT2D eigenvalue weighted by molar-refractivity contribution is 6.15. The lowest BCUT2D eigenvalue weighted by atomic mass is 9.99. The number of benzene rings is 2. The van der Waals surface area contributed by atoms with Crippen LogP contribution in [0.25, 0.3) is 33.3 Å². The van der Waals surface area contributed by atoms with E-state index < -0.39 is 48.7 Å². The molecule has 40 heavy (non-hydrogen) atoms. The normalized spacial score (nSPS) is 22.9. The minimum absolute atomic E-state index is 0.0500. The van der Waals surface area contributed by atoms with Crippen molar-refractivity contribution >= 4 is 28.2 Å². The Morgan fingerprint density at radius 1 is 0.925 bits per heavy atom. The number of phenolic OH excluding ortho intramolecular Hbond substituents is 1. The van der Waals surface area contributed by atoms with Crippen molar-refractivity contribution in [3.05, 3.63) is 40.1 Å². The Morgan fingerprint density at radius 3 is 2.12 bits per heavy atom. The van der Waals surface area contributed by atoms with Gasteiger partial charge in [-0.3, -0.25) is 9.59 Å². The molecule has 2 aromatic heterocycles. The first-order valence-electron chi connectivity index (χ1n) is 11.8. The molecule has 1 fully saturated rings. The molecule has 0 saturated carbocycles. The minimum Gasteiger partial charge on any atom is -0.502 e. The smallest absolute Gasteiger partial charge is 0.320 e. The molecular weight excluding hydrogens is 536 g/mol. The van der Waals surface area contributed by atoms with Gasteiger partial charge in [-0.25, -0.2) is 0 Å². The molecule has 0 unspecified atom stereocenters. The van der Waals surface area contributed by atoms with E-state index in [0.717, 1.165) is 12.1 Å². The molecule has 14 nitrogen and oxygen atoms in total. The summed E-state index contributed by atoms with van der Waals surface area (Å²) in [6, 6.07) is 4.86. The van der Waals surface area contributed by atoms with Crippen LogP contribution in [0.4, 0.5) is 0 Å². The van der Waals surface area contributed by atoms with Crippen LogP contribution in [0.5, 0.6) is 28.9 Å². The van der Waals surface area contributed by atoms with Gasteiger partial charge in [-0.15, -0.1) is 0 Å². The van der Waals surface area contributed by atoms with E-state index in [4.69, 9.17) is 27.8 Å². The molecule has 1 aliphatic rings. The van der Waals surface area contributed by atoms with Gasteiger partial charge in [0.25, 0.3) is 5.95 Å². The van der Waals surface area contributed by atoms with E-state index in [0.29, 0.717) is 6.29 Å². The van der Waals surface area contributed by atoms with Crippen LogP contribution < -0.4 is 19.6 Å². The minimum atomic E-state index is -1.85. The van der Waals surface area contributed by atoms with Crippen molar-refractivity contribution in [2.75, 3.05) is 20.8 Å². The predicted octanol–water partition coefficient (Wildman–Crippen LogP) is 0.336. The maximum atomic E-state index is 12.4. The average Bonchev–Trinajstić information content (AvgIpc) is 2.94. The summed E-state index contributed by atoms with van der Waals surface area (Å²) in [7, 11) is 2.58. The van der Waals surface area contributed by atoms with Gasteiger partial charge in [0, 0.05) is 17.7 Å². The second-order valence-corrected chi connectivity index (χ2v) is 8.92. The van der Waals surface area contributed by atoms with E-state index in [-0.39, 0.29) is 61.8 Å². The van der Waals surface area contributed by atoms with E-state index in [1.807, 2.05) is 0 Å². The summed E-state index contributed by atoms with van der Waals surface area (Å²) >= 11 is 0. The first kappa shape index (κ1) is 27.2. The van der Waals surface area contributed by atoms with Gasteiger partial charge < -0.3 is 58.4 Å². The van der Waals surface area contributed by atoms with Gasteiger partial charge >= 0.3 is 6.29 Å². The topological polar surface area (TPSA) is 223 Å². The zero-order valence-electron chi connectivity index (χ0n) is 21.0. The van der Waals surface area contributed by atoms with E-state index >= 15 is 0 Å². The highest BCUT2D eigenvalue weighted by Crippen LogP contribution is 2.48. The highest BCUT2D eigenvalue weighted by Gasteiger charge is 2.45. The summed E-state index contributed by atoms with van der Waals surface area (Å²) < 4.78 is 33.4. The van der Waals surface area contributed by atoms with Crippen LogP contribution in [0.2, 0.25) is 0 Å². The number of aliphatic hydroxyl groups is 4. The Labute approximate surface area is 223 Å². The Morgan fingerprint density at radius 2 is 1.55 bits per heavy atom. The predicted molar refractivity (Wildman–Crippen MR) is 136 cm³/mol. The molecule has 1 saturated heterocycles. The van der Waals surface area contributed by atoms with Crippen molar-refractivity contribution in [2.45, 2.75) is 30.7 Å². The summed E-state index contributed by atoms with van der Waals surface area (Å²) in [4.78, 5) is 22.5. The molecule has 5 rings (SSSR count). The fraction of sp³-hybridized carbons (Fsp3) is 0.308. The van der Waals surface area contributed by atoms with Crippen molar-refractivity contribution in [1.82, 2.24) is 0 Å². The van der Waals surface area contributed by atoms with Crippen LogP contribution in [-0.2, 0) is 4.74 Å². The molecule has 0 radical (unpaired) electrons. The third kappa shape index (κ3) is 4.27. The van der Waals surface area contributed by atoms with Gasteiger partial charge in [-0.2, -0.15) is 0 Å². The standard InChI is InChI=1S/C26H24O14/c1-35-14-3-9(4-15(36-2)19(14)30)23-24(40-26-22(33)21(32)20(31)16(8-28)39-26)17-11(7-27)25(34)38-13-6-10(29)5-12(37-23)18(13)17/h3-7,16,20-22,26,28,30-34H,8H2,1-2H3/p+1/t16-,20-,21+,22-,26+/m1/s1. The van der Waals surface area contributed by atoms with Crippen molar-refractivity contribution in [3.8, 4) is 40.3 Å². The van der Waals surface area contributed by atoms with Gasteiger partial charge in [-0.1, -0.05) is 0 Å². The average molecular weight is 561 g/mol. The Balaban J connectivity index is 1.87. The summed E-state index contributed by atoms with van der Waals surface area (Å²) in [5.41, 5.74) is -0.936. The fourth-order valence-corrected chi connectivity index (χ4v) is 4.61. The molecule has 1 aliphatic heterocycles. The van der Waals surface area contributed by atoms with Crippen LogP contribution in [0, 0.1) is 0 Å². The van der Waals surface area contributed by atoms with Crippen LogP contribution in [0.15, 0.2) is 37.9 Å². The molecule has 14 heteroatoms. The number of hydrogen-bond acceptors (Lipinski definition) is 13. The first-order valence-corrected chi connectivity index (χ1v) is 11.8. The van der Waals surface area contributed by atoms with Gasteiger partial charge in [0.05, 0.1) is 31.6 Å². The molecule has 212 valence electrons. The maximum Gasteiger partial charge on any atom is 0.320 e.